The van der Waals surface area contributed by atoms with Crippen LogP contribution in [0.2, 0.25) is 0 Å². The maximum atomic E-state index is 11.2. The Labute approximate surface area is 94.5 Å². The first-order valence-corrected chi connectivity index (χ1v) is 5.73. The average Bonchev–Trinajstić information content (AvgIpc) is 2.49. The molecule has 2 rings (SSSR count). The molecule has 1 atom stereocenters. The van der Waals surface area contributed by atoms with Gasteiger partial charge in [-0.1, -0.05) is 20.3 Å². The highest BCUT2D eigenvalue weighted by atomic mass is 16.4. The molecule has 1 aliphatic carbocycles. The fourth-order valence-electron chi connectivity index (χ4n) is 2.15. The Morgan fingerprint density at radius 2 is 2.25 bits per heavy atom. The summed E-state index contributed by atoms with van der Waals surface area (Å²) in [6.07, 6.45) is 4.95. The van der Waals surface area contributed by atoms with Crippen molar-refractivity contribution in [3.05, 3.63) is 12.2 Å². The molecule has 0 spiro atoms. The van der Waals surface area contributed by atoms with E-state index in [2.05, 4.69) is 10.2 Å². The monoisotopic (exact) mass is 223 g/mol. The number of hydrogen-bond donors (Lipinski definition) is 1. The minimum atomic E-state index is -0.810. The van der Waals surface area contributed by atoms with E-state index in [0.717, 1.165) is 18.7 Å². The lowest BCUT2D eigenvalue weighted by atomic mass is 9.84. The smallest absolute Gasteiger partial charge is 0.327 e. The second-order valence-electron chi connectivity index (χ2n) is 4.75. The second kappa shape index (κ2) is 4.23. The van der Waals surface area contributed by atoms with E-state index < -0.39 is 12.0 Å². The molecule has 0 bridgehead atoms. The van der Waals surface area contributed by atoms with Crippen molar-refractivity contribution in [1.29, 1.82) is 0 Å². The van der Waals surface area contributed by atoms with Crippen LogP contribution in [-0.2, 0) is 4.79 Å². The first-order chi connectivity index (χ1) is 7.61. The maximum absolute atomic E-state index is 11.2. The number of carboxylic acids is 1. The molecule has 1 saturated carbocycles. The topological polar surface area (TPSA) is 68.0 Å². The van der Waals surface area contributed by atoms with E-state index in [0.29, 0.717) is 5.92 Å². The third kappa shape index (κ3) is 1.81. The highest BCUT2D eigenvalue weighted by molar-refractivity contribution is 5.72. The molecule has 0 saturated heterocycles. The Morgan fingerprint density at radius 3 is 2.69 bits per heavy atom. The fraction of sp³-hybridized carbons (Fsp3) is 0.727. The van der Waals surface area contributed by atoms with Gasteiger partial charge in [0, 0.05) is 5.92 Å². The molecule has 1 aromatic rings. The van der Waals surface area contributed by atoms with Crippen molar-refractivity contribution in [3.63, 3.8) is 0 Å². The summed E-state index contributed by atoms with van der Waals surface area (Å²) < 4.78 is 1.73. The molecule has 1 aromatic heterocycles. The number of carboxylic acid groups (broad SMARTS) is 1. The predicted octanol–water partition coefficient (Wildman–Crippen LogP) is 1.83. The van der Waals surface area contributed by atoms with E-state index >= 15 is 0 Å². The van der Waals surface area contributed by atoms with Gasteiger partial charge >= 0.3 is 5.97 Å². The molecule has 5 heteroatoms. The molecule has 5 nitrogen and oxygen atoms in total. The van der Waals surface area contributed by atoms with Crippen LogP contribution in [-0.4, -0.2) is 25.8 Å². The van der Waals surface area contributed by atoms with Crippen molar-refractivity contribution in [1.82, 2.24) is 14.8 Å². The number of hydrogen-bond acceptors (Lipinski definition) is 3. The van der Waals surface area contributed by atoms with Gasteiger partial charge in [-0.3, -0.25) is 0 Å². The van der Waals surface area contributed by atoms with Gasteiger partial charge in [-0.25, -0.2) is 4.79 Å². The van der Waals surface area contributed by atoms with Crippen molar-refractivity contribution >= 4 is 5.97 Å². The Bertz CT molecular complexity index is 382. The number of carbonyl (C=O) groups is 1. The summed E-state index contributed by atoms with van der Waals surface area (Å²) in [4.78, 5) is 11.2. The number of aromatic nitrogens is 3. The van der Waals surface area contributed by atoms with Crippen LogP contribution >= 0.6 is 0 Å². The van der Waals surface area contributed by atoms with Crippen LogP contribution in [0.3, 0.4) is 0 Å². The van der Waals surface area contributed by atoms with Gasteiger partial charge in [0.2, 0.25) is 0 Å². The minimum Gasteiger partial charge on any atom is -0.480 e. The van der Waals surface area contributed by atoms with Gasteiger partial charge in [-0.15, -0.1) is 10.2 Å². The van der Waals surface area contributed by atoms with Crippen molar-refractivity contribution in [2.75, 3.05) is 0 Å². The first kappa shape index (κ1) is 11.1. The van der Waals surface area contributed by atoms with E-state index in [1.54, 1.807) is 10.9 Å². The zero-order valence-corrected chi connectivity index (χ0v) is 9.63. The molecule has 0 aromatic carbocycles. The largest absolute Gasteiger partial charge is 0.480 e. The molecule has 0 amide bonds. The van der Waals surface area contributed by atoms with Crippen LogP contribution in [0.1, 0.15) is 50.9 Å². The SMILES string of the molecule is CC(C)C(C(=O)O)n1cnnc1C1CCC1. The third-order valence-electron chi connectivity index (χ3n) is 3.26. The standard InChI is InChI=1S/C11H17N3O2/c1-7(2)9(11(15)16)14-6-12-13-10(14)8-4-3-5-8/h6-9H,3-5H2,1-2H3,(H,15,16). The molecular formula is C11H17N3O2. The number of aliphatic carboxylic acids is 1. The number of rotatable bonds is 4. The molecule has 1 fully saturated rings. The molecule has 1 heterocycles. The molecule has 0 radical (unpaired) electrons. The maximum Gasteiger partial charge on any atom is 0.327 e. The van der Waals surface area contributed by atoms with Crippen molar-refractivity contribution in [2.24, 2.45) is 5.92 Å². The molecule has 0 aliphatic heterocycles. The predicted molar refractivity (Wildman–Crippen MR) is 58.1 cm³/mol. The summed E-state index contributed by atoms with van der Waals surface area (Å²) in [7, 11) is 0. The van der Waals surface area contributed by atoms with E-state index in [1.807, 2.05) is 13.8 Å². The molecule has 1 unspecified atom stereocenters. The normalized spacial score (nSPS) is 18.4. The quantitative estimate of drug-likeness (QED) is 0.845. The van der Waals surface area contributed by atoms with Crippen LogP contribution in [0, 0.1) is 5.92 Å². The van der Waals surface area contributed by atoms with Crippen molar-refractivity contribution in [2.45, 2.75) is 45.1 Å². The lowest BCUT2D eigenvalue weighted by Crippen LogP contribution is -2.27. The molecule has 88 valence electrons. The Morgan fingerprint density at radius 1 is 1.56 bits per heavy atom. The van der Waals surface area contributed by atoms with Crippen LogP contribution in [0.25, 0.3) is 0 Å². The third-order valence-corrected chi connectivity index (χ3v) is 3.26. The van der Waals surface area contributed by atoms with Gasteiger partial charge in [0.05, 0.1) is 0 Å². The van der Waals surface area contributed by atoms with E-state index in [9.17, 15) is 9.90 Å². The van der Waals surface area contributed by atoms with Crippen LogP contribution in [0.15, 0.2) is 6.33 Å². The van der Waals surface area contributed by atoms with Gasteiger partial charge in [-0.2, -0.15) is 0 Å². The van der Waals surface area contributed by atoms with Crippen molar-refractivity contribution in [3.8, 4) is 0 Å². The Balaban J connectivity index is 2.30. The fourth-order valence-corrected chi connectivity index (χ4v) is 2.15. The number of nitrogens with zero attached hydrogens (tertiary/aromatic N) is 3. The molecule has 16 heavy (non-hydrogen) atoms. The lowest BCUT2D eigenvalue weighted by molar-refractivity contribution is -0.142. The molecule has 1 aliphatic rings. The summed E-state index contributed by atoms with van der Waals surface area (Å²) in [5, 5.41) is 17.2. The summed E-state index contributed by atoms with van der Waals surface area (Å²) >= 11 is 0. The summed E-state index contributed by atoms with van der Waals surface area (Å²) in [5.74, 6) is 0.471. The van der Waals surface area contributed by atoms with Gasteiger partial charge < -0.3 is 9.67 Å². The van der Waals surface area contributed by atoms with Gasteiger partial charge in [0.25, 0.3) is 0 Å². The van der Waals surface area contributed by atoms with Crippen molar-refractivity contribution < 1.29 is 9.90 Å². The summed E-state index contributed by atoms with van der Waals surface area (Å²) in [5.41, 5.74) is 0. The molecule has 1 N–H and O–H groups in total. The van der Waals surface area contributed by atoms with Gasteiger partial charge in [0.15, 0.2) is 0 Å². The highest BCUT2D eigenvalue weighted by Gasteiger charge is 2.31. The second-order valence-corrected chi connectivity index (χ2v) is 4.75. The van der Waals surface area contributed by atoms with E-state index in [-0.39, 0.29) is 5.92 Å². The van der Waals surface area contributed by atoms with Gasteiger partial charge in [0.1, 0.15) is 18.2 Å². The summed E-state index contributed by atoms with van der Waals surface area (Å²) in [6.45, 7) is 3.81. The average molecular weight is 223 g/mol. The van der Waals surface area contributed by atoms with Crippen LogP contribution in [0.5, 0.6) is 0 Å². The summed E-state index contributed by atoms with van der Waals surface area (Å²) in [6, 6.07) is -0.550. The first-order valence-electron chi connectivity index (χ1n) is 5.73. The zero-order valence-electron chi connectivity index (χ0n) is 9.63. The minimum absolute atomic E-state index is 0.0346. The Hall–Kier alpha value is -1.39. The van der Waals surface area contributed by atoms with Crippen LogP contribution in [0.4, 0.5) is 0 Å². The van der Waals surface area contributed by atoms with E-state index in [1.165, 1.54) is 6.42 Å². The van der Waals surface area contributed by atoms with Crippen LogP contribution < -0.4 is 0 Å². The van der Waals surface area contributed by atoms with Gasteiger partial charge in [-0.05, 0) is 18.8 Å². The zero-order chi connectivity index (χ0) is 11.7. The molecular weight excluding hydrogens is 206 g/mol. The lowest BCUT2D eigenvalue weighted by Gasteiger charge is -2.27. The van der Waals surface area contributed by atoms with E-state index in [4.69, 9.17) is 0 Å². The Kier molecular flexibility index (Phi) is 2.94. The highest BCUT2D eigenvalue weighted by Crippen LogP contribution is 2.36.